The molecule has 1 unspecified atom stereocenters. The Labute approximate surface area is 148 Å². The number of hydrogen-bond acceptors (Lipinski definition) is 3. The zero-order chi connectivity index (χ0) is 17.4. The Hall–Kier alpha value is -2.33. The van der Waals surface area contributed by atoms with E-state index >= 15 is 0 Å². The van der Waals surface area contributed by atoms with Crippen LogP contribution in [0.5, 0.6) is 5.75 Å². The Morgan fingerprint density at radius 2 is 1.80 bits per heavy atom. The highest BCUT2D eigenvalue weighted by Gasteiger charge is 2.42. The van der Waals surface area contributed by atoms with Crippen molar-refractivity contribution in [3.05, 3.63) is 54.1 Å². The van der Waals surface area contributed by atoms with Gasteiger partial charge in [-0.05, 0) is 49.4 Å². The Kier molecular flexibility index (Phi) is 4.22. The molecule has 0 spiro atoms. The van der Waals surface area contributed by atoms with Gasteiger partial charge in [0, 0.05) is 23.2 Å². The predicted molar refractivity (Wildman–Crippen MR) is 96.7 cm³/mol. The van der Waals surface area contributed by atoms with Gasteiger partial charge in [-0.3, -0.25) is 4.79 Å². The number of aliphatic hydroxyl groups is 1. The molecule has 2 aromatic rings. The molecule has 2 aromatic carbocycles. The molecule has 2 fully saturated rings. The van der Waals surface area contributed by atoms with Crippen molar-refractivity contribution >= 4 is 5.91 Å². The number of methoxy groups -OCH3 is 1. The van der Waals surface area contributed by atoms with Gasteiger partial charge in [-0.1, -0.05) is 30.3 Å². The van der Waals surface area contributed by atoms with Crippen molar-refractivity contribution in [2.45, 2.75) is 43.9 Å². The molecule has 4 rings (SSSR count). The zero-order valence-electron chi connectivity index (χ0n) is 14.4. The van der Waals surface area contributed by atoms with Crippen LogP contribution in [0.4, 0.5) is 0 Å². The summed E-state index contributed by atoms with van der Waals surface area (Å²) in [4.78, 5) is 15.1. The lowest BCUT2D eigenvalue weighted by Gasteiger charge is -2.37. The van der Waals surface area contributed by atoms with Gasteiger partial charge in [0.2, 0.25) is 0 Å². The number of ether oxygens (including phenoxy) is 1. The molecule has 2 aliphatic heterocycles. The van der Waals surface area contributed by atoms with Crippen LogP contribution in [0, 0.1) is 0 Å². The summed E-state index contributed by atoms with van der Waals surface area (Å²) in [6, 6.07) is 16.0. The van der Waals surface area contributed by atoms with Gasteiger partial charge in [-0.15, -0.1) is 0 Å². The number of amides is 1. The summed E-state index contributed by atoms with van der Waals surface area (Å²) >= 11 is 0. The van der Waals surface area contributed by atoms with Crippen LogP contribution in [0.3, 0.4) is 0 Å². The van der Waals surface area contributed by atoms with E-state index in [1.165, 1.54) is 0 Å². The van der Waals surface area contributed by atoms with Crippen LogP contribution < -0.4 is 4.74 Å². The lowest BCUT2D eigenvalue weighted by Crippen LogP contribution is -2.48. The second kappa shape index (κ2) is 6.52. The van der Waals surface area contributed by atoms with Gasteiger partial charge in [0.05, 0.1) is 13.2 Å². The third-order valence-electron chi connectivity index (χ3n) is 5.47. The summed E-state index contributed by atoms with van der Waals surface area (Å²) in [7, 11) is 1.66. The van der Waals surface area contributed by atoms with E-state index in [4.69, 9.17) is 4.74 Å². The largest absolute Gasteiger partial charge is 0.496 e. The quantitative estimate of drug-likeness (QED) is 0.933. The van der Waals surface area contributed by atoms with Gasteiger partial charge >= 0.3 is 0 Å². The highest BCUT2D eigenvalue weighted by Crippen LogP contribution is 2.37. The minimum Gasteiger partial charge on any atom is -0.496 e. The average molecular weight is 337 g/mol. The van der Waals surface area contributed by atoms with Gasteiger partial charge in [0.25, 0.3) is 5.91 Å². The molecule has 1 N–H and O–H groups in total. The molecule has 0 radical (unpaired) electrons. The van der Waals surface area contributed by atoms with Crippen molar-refractivity contribution in [2.75, 3.05) is 7.11 Å². The summed E-state index contributed by atoms with van der Waals surface area (Å²) < 4.78 is 5.45. The molecule has 4 heteroatoms. The number of benzene rings is 2. The van der Waals surface area contributed by atoms with Crippen LogP contribution in [0.1, 0.15) is 36.0 Å². The highest BCUT2D eigenvalue weighted by atomic mass is 16.5. The van der Waals surface area contributed by atoms with Gasteiger partial charge < -0.3 is 14.7 Å². The van der Waals surface area contributed by atoms with Crippen molar-refractivity contribution in [3.8, 4) is 16.9 Å². The first-order valence-corrected chi connectivity index (χ1v) is 8.91. The second-order valence-corrected chi connectivity index (χ2v) is 7.00. The number of fused-ring (bicyclic) bond motifs is 2. The lowest BCUT2D eigenvalue weighted by molar-refractivity contribution is 0.0287. The maximum absolute atomic E-state index is 13.1. The Balaban J connectivity index is 1.65. The lowest BCUT2D eigenvalue weighted by atomic mass is 9.97. The average Bonchev–Trinajstić information content (AvgIpc) is 2.92. The molecule has 1 amide bonds. The van der Waals surface area contributed by atoms with Gasteiger partial charge in [-0.2, -0.15) is 0 Å². The fraction of sp³-hybridized carbons (Fsp3) is 0.381. The van der Waals surface area contributed by atoms with E-state index in [1.807, 2.05) is 53.4 Å². The van der Waals surface area contributed by atoms with Crippen LogP contribution >= 0.6 is 0 Å². The van der Waals surface area contributed by atoms with Crippen molar-refractivity contribution in [2.24, 2.45) is 0 Å². The van der Waals surface area contributed by atoms with Crippen LogP contribution in [-0.4, -0.2) is 41.2 Å². The minimum atomic E-state index is -0.263. The molecular formula is C21H23NO3. The zero-order valence-corrected chi connectivity index (χ0v) is 14.4. The maximum atomic E-state index is 13.1. The first-order chi connectivity index (χ1) is 12.2. The maximum Gasteiger partial charge on any atom is 0.254 e. The van der Waals surface area contributed by atoms with E-state index in [-0.39, 0.29) is 24.1 Å². The van der Waals surface area contributed by atoms with E-state index in [1.54, 1.807) is 7.11 Å². The van der Waals surface area contributed by atoms with Crippen molar-refractivity contribution < 1.29 is 14.6 Å². The molecule has 0 aliphatic carbocycles. The van der Waals surface area contributed by atoms with Crippen LogP contribution in [0.25, 0.3) is 11.1 Å². The molecule has 2 heterocycles. The molecule has 0 aromatic heterocycles. The fourth-order valence-corrected chi connectivity index (χ4v) is 4.33. The Bertz CT molecular complexity index is 774. The minimum absolute atomic E-state index is 0.0798. The molecule has 2 saturated heterocycles. The Morgan fingerprint density at radius 3 is 2.52 bits per heavy atom. The number of hydrogen-bond donors (Lipinski definition) is 1. The topological polar surface area (TPSA) is 49.8 Å². The van der Waals surface area contributed by atoms with Gasteiger partial charge in [0.15, 0.2) is 0 Å². The highest BCUT2D eigenvalue weighted by molar-refractivity contribution is 5.96. The standard InChI is InChI=1S/C21H23NO3/c1-25-20-8-3-2-7-19(20)14-5-4-6-15(11-14)21(24)22-16-9-10-17(22)13-18(23)12-16/h2-8,11,16-18,23H,9-10,12-13H2,1H3/t16-,17+,18?. The SMILES string of the molecule is COc1ccccc1-c1cccc(C(=O)N2[C@@H]3CC[C@H]2CC(O)C3)c1. The van der Waals surface area contributed by atoms with E-state index in [9.17, 15) is 9.90 Å². The van der Waals surface area contributed by atoms with E-state index in [0.717, 1.165) is 29.7 Å². The molecule has 4 nitrogen and oxygen atoms in total. The molecule has 2 aliphatic rings. The number of carbonyl (C=O) groups is 1. The molecule has 130 valence electrons. The summed E-state index contributed by atoms with van der Waals surface area (Å²) in [6.45, 7) is 0. The number of rotatable bonds is 3. The smallest absolute Gasteiger partial charge is 0.254 e. The van der Waals surface area contributed by atoms with Gasteiger partial charge in [-0.25, -0.2) is 0 Å². The first kappa shape index (κ1) is 16.2. The fourth-order valence-electron chi connectivity index (χ4n) is 4.33. The number of piperidine rings is 1. The number of aliphatic hydroxyl groups excluding tert-OH is 1. The Morgan fingerprint density at radius 1 is 1.08 bits per heavy atom. The molecule has 2 bridgehead atoms. The molecule has 0 saturated carbocycles. The normalized spacial score (nSPS) is 25.0. The van der Waals surface area contributed by atoms with E-state index in [0.29, 0.717) is 18.4 Å². The monoisotopic (exact) mass is 337 g/mol. The van der Waals surface area contributed by atoms with Crippen molar-refractivity contribution in [1.82, 2.24) is 4.90 Å². The molecule has 25 heavy (non-hydrogen) atoms. The predicted octanol–water partition coefficient (Wildman–Crippen LogP) is 3.49. The number of para-hydroxylation sites is 1. The van der Waals surface area contributed by atoms with Crippen LogP contribution in [-0.2, 0) is 0 Å². The van der Waals surface area contributed by atoms with Gasteiger partial charge in [0.1, 0.15) is 5.75 Å². The third-order valence-corrected chi connectivity index (χ3v) is 5.47. The summed E-state index contributed by atoms with van der Waals surface area (Å²) in [5.41, 5.74) is 2.67. The van der Waals surface area contributed by atoms with Crippen LogP contribution in [0.2, 0.25) is 0 Å². The summed E-state index contributed by atoms with van der Waals surface area (Å²) in [5, 5.41) is 9.96. The number of nitrogens with zero attached hydrogens (tertiary/aromatic N) is 1. The summed E-state index contributed by atoms with van der Waals surface area (Å²) in [5.74, 6) is 0.879. The molecular weight excluding hydrogens is 314 g/mol. The second-order valence-electron chi connectivity index (χ2n) is 7.00. The molecule has 3 atom stereocenters. The third kappa shape index (κ3) is 2.91. The van der Waals surface area contributed by atoms with E-state index in [2.05, 4.69) is 0 Å². The van der Waals surface area contributed by atoms with Crippen molar-refractivity contribution in [1.29, 1.82) is 0 Å². The van der Waals surface area contributed by atoms with Crippen molar-refractivity contribution in [3.63, 3.8) is 0 Å². The first-order valence-electron chi connectivity index (χ1n) is 8.91. The summed E-state index contributed by atoms with van der Waals surface area (Å²) in [6.07, 6.45) is 3.14. The van der Waals surface area contributed by atoms with Crippen LogP contribution in [0.15, 0.2) is 48.5 Å². The number of carbonyl (C=O) groups excluding carboxylic acids is 1. The van der Waals surface area contributed by atoms with E-state index < -0.39 is 0 Å².